The molecule has 354 valence electrons. The average molecular weight is 881 g/mol. The van der Waals surface area contributed by atoms with Gasteiger partial charge in [-0.1, -0.05) is 185 Å². The molecule has 11 heteroatoms. The fourth-order valence-electron chi connectivity index (χ4n) is 6.50. The van der Waals surface area contributed by atoms with Crippen LogP contribution in [0.1, 0.15) is 200 Å². The zero-order valence-electron chi connectivity index (χ0n) is 39.6. The Morgan fingerprint density at radius 1 is 0.557 bits per heavy atom. The van der Waals surface area contributed by atoms with Crippen LogP contribution in [0.25, 0.3) is 0 Å². The predicted octanol–water partition coefficient (Wildman–Crippen LogP) is 13.4. The topological polar surface area (TPSA) is 125 Å². The highest BCUT2D eigenvalue weighted by Gasteiger charge is 2.27. The Balaban J connectivity index is 4.45. The molecule has 0 aliphatic heterocycles. The summed E-state index contributed by atoms with van der Waals surface area (Å²) in [6.07, 6.45) is 45.9. The van der Waals surface area contributed by atoms with Gasteiger partial charge in [0.05, 0.1) is 27.7 Å². The summed E-state index contributed by atoms with van der Waals surface area (Å²) in [6.45, 7) is 4.13. The molecule has 0 aliphatic carbocycles. The number of carbonyl (C=O) groups excluding carboxylic acids is 3. The maximum absolute atomic E-state index is 12.7. The van der Waals surface area contributed by atoms with Crippen molar-refractivity contribution in [3.63, 3.8) is 0 Å². The van der Waals surface area contributed by atoms with Gasteiger partial charge in [-0.05, 0) is 44.6 Å². The molecule has 2 atom stereocenters. The number of phosphoric ester groups is 1. The molecule has 0 spiro atoms. The first-order valence-corrected chi connectivity index (χ1v) is 25.8. The number of ketones is 1. The van der Waals surface area contributed by atoms with Gasteiger partial charge in [0.15, 0.2) is 11.9 Å². The third-order valence-electron chi connectivity index (χ3n) is 10.3. The van der Waals surface area contributed by atoms with E-state index in [1.165, 1.54) is 122 Å². The van der Waals surface area contributed by atoms with Crippen LogP contribution in [0.5, 0.6) is 0 Å². The minimum Gasteiger partial charge on any atom is -0.462 e. The number of carbonyl (C=O) groups is 3. The first kappa shape index (κ1) is 58.6. The predicted molar refractivity (Wildman–Crippen MR) is 252 cm³/mol. The molecule has 0 aliphatic rings. The van der Waals surface area contributed by atoms with Crippen molar-refractivity contribution in [1.82, 2.24) is 0 Å². The Labute approximate surface area is 373 Å². The summed E-state index contributed by atoms with van der Waals surface area (Å²) >= 11 is 0. The Bertz CT molecular complexity index is 1240. The second kappa shape index (κ2) is 41.6. The lowest BCUT2D eigenvalue weighted by Gasteiger charge is -2.24. The molecule has 0 aromatic heterocycles. The van der Waals surface area contributed by atoms with Gasteiger partial charge >= 0.3 is 19.8 Å². The SMILES string of the molecule is CCCCC/C=C\C/C=C\C/C=C\C=C\C(=O)CCCC(=O)O[C@H](COC(=O)CCCCCCCCCCCCCCCCCCCCC)COP(=O)(O)OCC[N+](C)(C)C. The van der Waals surface area contributed by atoms with Crippen molar-refractivity contribution in [2.75, 3.05) is 47.5 Å². The van der Waals surface area contributed by atoms with Gasteiger partial charge in [0.25, 0.3) is 0 Å². The van der Waals surface area contributed by atoms with Crippen molar-refractivity contribution in [3.05, 3.63) is 48.6 Å². The molecule has 0 saturated heterocycles. The van der Waals surface area contributed by atoms with Gasteiger partial charge in [-0.25, -0.2) is 4.57 Å². The summed E-state index contributed by atoms with van der Waals surface area (Å²) in [4.78, 5) is 47.8. The number of nitrogens with zero attached hydrogens (tertiary/aromatic N) is 1. The first-order chi connectivity index (χ1) is 29.4. The van der Waals surface area contributed by atoms with E-state index in [0.717, 1.165) is 38.5 Å². The standard InChI is InChI=1S/C50H90NO9P/c1-6-8-10-12-14-16-18-20-21-22-23-24-25-27-29-31-33-35-37-41-49(53)57-45-48(46-59-61(55,56)58-44-43-51(3,4)5)60-50(54)42-38-40-47(52)39-36-34-32-30-28-26-19-17-15-13-11-9-7-2/h15,17,26,28,32,34,36,39,48H,6-14,16,18-25,27,29-31,33,35,37-38,40-46H2,1-5H3/p+1/b17-15-,28-26-,34-32-,39-36+/t48-/m1/s1. The fraction of sp³-hybridized carbons (Fsp3) is 0.780. The van der Waals surface area contributed by atoms with Crippen LogP contribution in [0.3, 0.4) is 0 Å². The third-order valence-corrected chi connectivity index (χ3v) is 11.3. The molecule has 1 unspecified atom stereocenters. The van der Waals surface area contributed by atoms with E-state index in [4.69, 9.17) is 18.5 Å². The van der Waals surface area contributed by atoms with Crippen LogP contribution >= 0.6 is 7.82 Å². The van der Waals surface area contributed by atoms with E-state index < -0.39 is 32.5 Å². The fourth-order valence-corrected chi connectivity index (χ4v) is 7.24. The molecular formula is C50H91NO9P+. The summed E-state index contributed by atoms with van der Waals surface area (Å²) in [5.74, 6) is -1.16. The third kappa shape index (κ3) is 45.5. The van der Waals surface area contributed by atoms with Gasteiger partial charge in [0.2, 0.25) is 0 Å². The number of ether oxygens (including phenoxy) is 2. The molecule has 0 heterocycles. The number of allylic oxidation sites excluding steroid dienone is 8. The van der Waals surface area contributed by atoms with E-state index >= 15 is 0 Å². The van der Waals surface area contributed by atoms with Gasteiger partial charge in [-0.3, -0.25) is 23.4 Å². The number of quaternary nitrogens is 1. The maximum atomic E-state index is 12.7. The first-order valence-electron chi connectivity index (χ1n) is 24.3. The molecule has 0 rings (SSSR count). The number of esters is 2. The number of hydrogen-bond donors (Lipinski definition) is 1. The zero-order valence-corrected chi connectivity index (χ0v) is 40.5. The van der Waals surface area contributed by atoms with E-state index in [9.17, 15) is 23.8 Å². The second-order valence-electron chi connectivity index (χ2n) is 17.5. The highest BCUT2D eigenvalue weighted by atomic mass is 31.2. The van der Waals surface area contributed by atoms with Gasteiger partial charge in [-0.15, -0.1) is 0 Å². The number of rotatable bonds is 44. The summed E-state index contributed by atoms with van der Waals surface area (Å²) in [5, 5.41) is 0. The highest BCUT2D eigenvalue weighted by molar-refractivity contribution is 7.47. The number of phosphoric acid groups is 1. The van der Waals surface area contributed by atoms with Gasteiger partial charge in [-0.2, -0.15) is 0 Å². The molecule has 0 radical (unpaired) electrons. The summed E-state index contributed by atoms with van der Waals surface area (Å²) in [6, 6.07) is 0. The van der Waals surface area contributed by atoms with E-state index in [1.807, 2.05) is 33.3 Å². The lowest BCUT2D eigenvalue weighted by molar-refractivity contribution is -0.870. The van der Waals surface area contributed by atoms with Gasteiger partial charge in [0.1, 0.15) is 19.8 Å². The van der Waals surface area contributed by atoms with Crippen LogP contribution in [-0.2, 0) is 37.5 Å². The molecule has 1 N–H and O–H groups in total. The quantitative estimate of drug-likeness (QED) is 0.0121. The molecule has 0 bridgehead atoms. The van der Waals surface area contributed by atoms with Crippen LogP contribution in [-0.4, -0.2) is 80.7 Å². The molecule has 0 amide bonds. The van der Waals surface area contributed by atoms with Crippen molar-refractivity contribution in [2.45, 2.75) is 206 Å². The molecule has 0 aromatic carbocycles. The van der Waals surface area contributed by atoms with Crippen LogP contribution in [0.4, 0.5) is 0 Å². The van der Waals surface area contributed by atoms with Crippen molar-refractivity contribution in [1.29, 1.82) is 0 Å². The van der Waals surface area contributed by atoms with Crippen LogP contribution in [0.2, 0.25) is 0 Å². The number of hydrogen-bond acceptors (Lipinski definition) is 8. The largest absolute Gasteiger partial charge is 0.472 e. The second-order valence-corrected chi connectivity index (χ2v) is 19.0. The van der Waals surface area contributed by atoms with Crippen molar-refractivity contribution in [3.8, 4) is 0 Å². The van der Waals surface area contributed by atoms with E-state index in [2.05, 4.69) is 38.2 Å². The van der Waals surface area contributed by atoms with Crippen LogP contribution in [0.15, 0.2) is 48.6 Å². The minimum atomic E-state index is -4.44. The lowest BCUT2D eigenvalue weighted by atomic mass is 10.0. The van der Waals surface area contributed by atoms with Crippen molar-refractivity contribution >= 4 is 25.5 Å². The van der Waals surface area contributed by atoms with E-state index in [-0.39, 0.29) is 44.7 Å². The summed E-state index contributed by atoms with van der Waals surface area (Å²) in [5.41, 5.74) is 0. The normalized spacial score (nSPS) is 13.8. The monoisotopic (exact) mass is 881 g/mol. The maximum Gasteiger partial charge on any atom is 0.472 e. The Morgan fingerprint density at radius 3 is 1.61 bits per heavy atom. The number of unbranched alkanes of at least 4 members (excludes halogenated alkanes) is 21. The zero-order chi connectivity index (χ0) is 45.1. The molecule has 0 aromatic rings. The van der Waals surface area contributed by atoms with E-state index in [1.54, 1.807) is 6.08 Å². The van der Waals surface area contributed by atoms with Crippen LogP contribution in [0, 0.1) is 0 Å². The van der Waals surface area contributed by atoms with E-state index in [0.29, 0.717) is 17.4 Å². The summed E-state index contributed by atoms with van der Waals surface area (Å²) < 4.78 is 34.1. The minimum absolute atomic E-state index is 0.0113. The molecular weight excluding hydrogens is 790 g/mol. The summed E-state index contributed by atoms with van der Waals surface area (Å²) in [7, 11) is 1.33. The van der Waals surface area contributed by atoms with Crippen molar-refractivity contribution < 1.29 is 46.8 Å². The Kier molecular flexibility index (Phi) is 40.0. The van der Waals surface area contributed by atoms with Gasteiger partial charge in [0, 0.05) is 19.3 Å². The highest BCUT2D eigenvalue weighted by Crippen LogP contribution is 2.43. The lowest BCUT2D eigenvalue weighted by Crippen LogP contribution is -2.37. The molecule has 0 fully saturated rings. The Hall–Kier alpha value is -2.36. The smallest absolute Gasteiger partial charge is 0.462 e. The number of likely N-dealkylation sites (N-methyl/N-ethyl adjacent to an activating group) is 1. The van der Waals surface area contributed by atoms with Gasteiger partial charge < -0.3 is 18.9 Å². The molecule has 0 saturated carbocycles. The van der Waals surface area contributed by atoms with Crippen LogP contribution < -0.4 is 0 Å². The molecule has 61 heavy (non-hydrogen) atoms. The van der Waals surface area contributed by atoms with Crippen molar-refractivity contribution in [2.24, 2.45) is 0 Å². The Morgan fingerprint density at radius 2 is 1.05 bits per heavy atom. The molecule has 10 nitrogen and oxygen atoms in total. The average Bonchev–Trinajstić information content (AvgIpc) is 3.21.